The molecule has 5 nitrogen and oxygen atoms in total. The van der Waals surface area contributed by atoms with Crippen molar-refractivity contribution >= 4 is 17.3 Å². The van der Waals surface area contributed by atoms with Gasteiger partial charge in [0.1, 0.15) is 0 Å². The van der Waals surface area contributed by atoms with Crippen LogP contribution in [-0.4, -0.2) is 36.4 Å². The Morgan fingerprint density at radius 1 is 1.50 bits per heavy atom. The van der Waals surface area contributed by atoms with Crippen molar-refractivity contribution in [2.75, 3.05) is 23.8 Å². The number of rotatable bonds is 2. The third kappa shape index (κ3) is 2.41. The number of carboxylic acid groups (broad SMARTS) is 1. The lowest BCUT2D eigenvalue weighted by Gasteiger charge is -2.39. The van der Waals surface area contributed by atoms with Crippen LogP contribution >= 0.6 is 0 Å². The zero-order valence-corrected chi connectivity index (χ0v) is 10.6. The molecule has 2 unspecified atom stereocenters. The van der Waals surface area contributed by atoms with Crippen molar-refractivity contribution in [2.45, 2.75) is 26.0 Å². The fourth-order valence-electron chi connectivity index (χ4n) is 2.16. The number of aromatic carboxylic acids is 1. The fourth-order valence-corrected chi connectivity index (χ4v) is 2.16. The highest BCUT2D eigenvalue weighted by molar-refractivity contribution is 5.90. The quantitative estimate of drug-likeness (QED) is 0.779. The standard InChI is InChI=1S/C13H18N2O3/c1-8-7-18-9(2)6-15(8)12-5-10(13(16)17)3-4-11(12)14/h3-5,8-9H,6-7,14H2,1-2H3,(H,16,17). The van der Waals surface area contributed by atoms with Crippen molar-refractivity contribution < 1.29 is 14.6 Å². The van der Waals surface area contributed by atoms with E-state index in [1.54, 1.807) is 12.1 Å². The van der Waals surface area contributed by atoms with E-state index in [-0.39, 0.29) is 17.7 Å². The summed E-state index contributed by atoms with van der Waals surface area (Å²) in [5.74, 6) is -0.940. The molecule has 0 aromatic heterocycles. The molecule has 1 aromatic carbocycles. The summed E-state index contributed by atoms with van der Waals surface area (Å²) >= 11 is 0. The number of anilines is 2. The summed E-state index contributed by atoms with van der Waals surface area (Å²) in [6.07, 6.45) is 0.120. The van der Waals surface area contributed by atoms with Crippen LogP contribution in [0.3, 0.4) is 0 Å². The second kappa shape index (κ2) is 4.86. The number of benzene rings is 1. The molecule has 2 rings (SSSR count). The normalized spacial score (nSPS) is 24.0. The molecule has 18 heavy (non-hydrogen) atoms. The first-order valence-corrected chi connectivity index (χ1v) is 6.00. The number of carbonyl (C=O) groups is 1. The smallest absolute Gasteiger partial charge is 0.335 e. The number of nitrogen functional groups attached to an aromatic ring is 1. The molecule has 2 atom stereocenters. The zero-order chi connectivity index (χ0) is 13.3. The summed E-state index contributed by atoms with van der Waals surface area (Å²) in [5, 5.41) is 9.03. The van der Waals surface area contributed by atoms with Crippen molar-refractivity contribution in [3.05, 3.63) is 23.8 Å². The molecule has 1 aliphatic heterocycles. The lowest BCUT2D eigenvalue weighted by Crippen LogP contribution is -2.47. The molecule has 0 radical (unpaired) electrons. The number of ether oxygens (including phenoxy) is 1. The van der Waals surface area contributed by atoms with Gasteiger partial charge in [-0.3, -0.25) is 0 Å². The van der Waals surface area contributed by atoms with Gasteiger partial charge < -0.3 is 20.5 Å². The topological polar surface area (TPSA) is 75.8 Å². The highest BCUT2D eigenvalue weighted by Gasteiger charge is 2.25. The van der Waals surface area contributed by atoms with E-state index in [2.05, 4.69) is 4.90 Å². The van der Waals surface area contributed by atoms with E-state index in [4.69, 9.17) is 15.6 Å². The first kappa shape index (κ1) is 12.7. The molecule has 1 aliphatic rings. The SMILES string of the molecule is CC1CN(c2cc(C(=O)O)ccc2N)C(C)CO1. The van der Waals surface area contributed by atoms with Gasteiger partial charge in [0, 0.05) is 12.6 Å². The third-order valence-corrected chi connectivity index (χ3v) is 3.19. The van der Waals surface area contributed by atoms with Gasteiger partial charge in [0.2, 0.25) is 0 Å². The molecular formula is C13H18N2O3. The maximum atomic E-state index is 11.0. The molecule has 0 bridgehead atoms. The monoisotopic (exact) mass is 250 g/mol. The van der Waals surface area contributed by atoms with Crippen LogP contribution in [0.15, 0.2) is 18.2 Å². The summed E-state index contributed by atoms with van der Waals surface area (Å²) in [7, 11) is 0. The Labute approximate surface area is 106 Å². The summed E-state index contributed by atoms with van der Waals surface area (Å²) < 4.78 is 5.56. The first-order valence-electron chi connectivity index (χ1n) is 6.00. The number of carboxylic acids is 1. The largest absolute Gasteiger partial charge is 0.478 e. The minimum atomic E-state index is -0.940. The van der Waals surface area contributed by atoms with Crippen molar-refractivity contribution in [2.24, 2.45) is 0 Å². The summed E-state index contributed by atoms with van der Waals surface area (Å²) in [4.78, 5) is 13.1. The Kier molecular flexibility index (Phi) is 3.43. The van der Waals surface area contributed by atoms with Gasteiger partial charge in [-0.05, 0) is 32.0 Å². The van der Waals surface area contributed by atoms with E-state index in [0.717, 1.165) is 5.69 Å². The van der Waals surface area contributed by atoms with Crippen LogP contribution in [0.4, 0.5) is 11.4 Å². The van der Waals surface area contributed by atoms with E-state index < -0.39 is 5.97 Å². The van der Waals surface area contributed by atoms with Crippen LogP contribution in [-0.2, 0) is 4.74 Å². The Balaban J connectivity index is 2.36. The molecule has 5 heteroatoms. The van der Waals surface area contributed by atoms with Gasteiger partial charge >= 0.3 is 5.97 Å². The molecule has 0 saturated carbocycles. The van der Waals surface area contributed by atoms with Crippen LogP contribution in [0.25, 0.3) is 0 Å². The highest BCUT2D eigenvalue weighted by Crippen LogP contribution is 2.28. The number of nitrogens with zero attached hydrogens (tertiary/aromatic N) is 1. The average molecular weight is 250 g/mol. The zero-order valence-electron chi connectivity index (χ0n) is 10.6. The van der Waals surface area contributed by atoms with Gasteiger partial charge in [-0.15, -0.1) is 0 Å². The number of nitrogens with two attached hydrogens (primary N) is 1. The molecule has 1 heterocycles. The molecule has 3 N–H and O–H groups in total. The maximum Gasteiger partial charge on any atom is 0.335 e. The van der Waals surface area contributed by atoms with E-state index in [1.807, 2.05) is 13.8 Å². The van der Waals surface area contributed by atoms with Crippen LogP contribution in [0.2, 0.25) is 0 Å². The first-order chi connectivity index (χ1) is 8.49. The maximum absolute atomic E-state index is 11.0. The molecule has 1 aromatic rings. The second-order valence-corrected chi connectivity index (χ2v) is 4.72. The summed E-state index contributed by atoms with van der Waals surface area (Å²) in [6.45, 7) is 5.38. The predicted octanol–water partition coefficient (Wildman–Crippen LogP) is 1.58. The van der Waals surface area contributed by atoms with E-state index in [9.17, 15) is 4.79 Å². The summed E-state index contributed by atoms with van der Waals surface area (Å²) in [6, 6.07) is 4.99. The number of morpholine rings is 1. The lowest BCUT2D eigenvalue weighted by molar-refractivity contribution is 0.0344. The molecule has 0 aliphatic carbocycles. The van der Waals surface area contributed by atoms with Crippen LogP contribution < -0.4 is 10.6 Å². The van der Waals surface area contributed by atoms with Gasteiger partial charge in [-0.1, -0.05) is 0 Å². The average Bonchev–Trinajstić information content (AvgIpc) is 2.33. The minimum absolute atomic E-state index is 0.120. The van der Waals surface area contributed by atoms with Gasteiger partial charge in [0.25, 0.3) is 0 Å². The van der Waals surface area contributed by atoms with Crippen molar-refractivity contribution in [3.63, 3.8) is 0 Å². The molecule has 0 spiro atoms. The van der Waals surface area contributed by atoms with Gasteiger partial charge in [-0.25, -0.2) is 4.79 Å². The fraction of sp³-hybridized carbons (Fsp3) is 0.462. The molecule has 98 valence electrons. The molecule has 1 fully saturated rings. The van der Waals surface area contributed by atoms with Crippen molar-refractivity contribution in [3.8, 4) is 0 Å². The Morgan fingerprint density at radius 3 is 2.89 bits per heavy atom. The number of hydrogen-bond acceptors (Lipinski definition) is 4. The van der Waals surface area contributed by atoms with Crippen LogP contribution in [0.1, 0.15) is 24.2 Å². The van der Waals surface area contributed by atoms with Gasteiger partial charge in [0.15, 0.2) is 0 Å². The van der Waals surface area contributed by atoms with Crippen LogP contribution in [0, 0.1) is 0 Å². The van der Waals surface area contributed by atoms with E-state index >= 15 is 0 Å². The Bertz CT molecular complexity index is 462. The molecular weight excluding hydrogens is 232 g/mol. The predicted molar refractivity (Wildman–Crippen MR) is 70.0 cm³/mol. The van der Waals surface area contributed by atoms with Crippen molar-refractivity contribution in [1.82, 2.24) is 0 Å². The third-order valence-electron chi connectivity index (χ3n) is 3.19. The summed E-state index contributed by atoms with van der Waals surface area (Å²) in [5.41, 5.74) is 7.58. The molecule has 0 amide bonds. The highest BCUT2D eigenvalue weighted by atomic mass is 16.5. The van der Waals surface area contributed by atoms with Gasteiger partial charge in [-0.2, -0.15) is 0 Å². The van der Waals surface area contributed by atoms with Crippen molar-refractivity contribution in [1.29, 1.82) is 0 Å². The lowest BCUT2D eigenvalue weighted by atomic mass is 10.1. The number of hydrogen-bond donors (Lipinski definition) is 2. The van der Waals surface area contributed by atoms with E-state index in [1.165, 1.54) is 6.07 Å². The van der Waals surface area contributed by atoms with Gasteiger partial charge in [0.05, 0.1) is 29.6 Å². The minimum Gasteiger partial charge on any atom is -0.478 e. The van der Waals surface area contributed by atoms with Crippen LogP contribution in [0.5, 0.6) is 0 Å². The molecule has 1 saturated heterocycles. The Hall–Kier alpha value is -1.75. The Morgan fingerprint density at radius 2 is 2.22 bits per heavy atom. The van der Waals surface area contributed by atoms with E-state index in [0.29, 0.717) is 18.8 Å². The second-order valence-electron chi connectivity index (χ2n) is 4.72.